The third-order valence-electron chi connectivity index (χ3n) is 2.83. The van der Waals surface area contributed by atoms with Crippen molar-refractivity contribution in [2.45, 2.75) is 32.1 Å². The van der Waals surface area contributed by atoms with Crippen LogP contribution in [0.5, 0.6) is 0 Å². The largest absolute Gasteiger partial charge is 0.388 e. The zero-order chi connectivity index (χ0) is 11.4. The van der Waals surface area contributed by atoms with Gasteiger partial charge in [-0.1, -0.05) is 6.07 Å². The van der Waals surface area contributed by atoms with Gasteiger partial charge in [-0.25, -0.2) is 4.98 Å². The number of amidine groups is 1. The molecule has 0 aromatic carbocycles. The van der Waals surface area contributed by atoms with E-state index in [0.717, 1.165) is 37.3 Å². The Hall–Kier alpha value is -1.58. The van der Waals surface area contributed by atoms with E-state index in [9.17, 15) is 0 Å². The topological polar surface area (TPSA) is 74.8 Å². The molecule has 0 aliphatic carbocycles. The Morgan fingerprint density at radius 1 is 1.50 bits per heavy atom. The van der Waals surface area contributed by atoms with Gasteiger partial charge < -0.3 is 11.1 Å². The molecule has 4 nitrogen and oxygen atoms in total. The van der Waals surface area contributed by atoms with Gasteiger partial charge in [0.2, 0.25) is 0 Å². The highest BCUT2D eigenvalue weighted by molar-refractivity contribution is 5.76. The summed E-state index contributed by atoms with van der Waals surface area (Å²) in [5.74, 6) is 1.31. The van der Waals surface area contributed by atoms with Gasteiger partial charge in [-0.2, -0.15) is 0 Å². The average Bonchev–Trinajstić information content (AvgIpc) is 2.28. The third-order valence-corrected chi connectivity index (χ3v) is 2.83. The number of hydrogen-bond acceptors (Lipinski definition) is 3. The van der Waals surface area contributed by atoms with E-state index in [1.165, 1.54) is 12.0 Å². The molecule has 1 aliphatic heterocycles. The first-order valence-corrected chi connectivity index (χ1v) is 5.81. The van der Waals surface area contributed by atoms with E-state index < -0.39 is 0 Å². The molecule has 4 heteroatoms. The zero-order valence-corrected chi connectivity index (χ0v) is 9.42. The van der Waals surface area contributed by atoms with Crippen LogP contribution >= 0.6 is 0 Å². The van der Waals surface area contributed by atoms with Crippen molar-refractivity contribution in [1.29, 1.82) is 5.41 Å². The third kappa shape index (κ3) is 2.72. The van der Waals surface area contributed by atoms with Gasteiger partial charge in [0.1, 0.15) is 5.82 Å². The molecular weight excluding hydrogens is 200 g/mol. The van der Waals surface area contributed by atoms with Crippen LogP contribution in [0, 0.1) is 5.41 Å². The summed E-state index contributed by atoms with van der Waals surface area (Å²) in [5.41, 5.74) is 7.73. The molecule has 0 amide bonds. The number of fused-ring (bicyclic) bond motifs is 1. The first kappa shape index (κ1) is 10.9. The summed E-state index contributed by atoms with van der Waals surface area (Å²) in [5, 5.41) is 10.5. The zero-order valence-electron chi connectivity index (χ0n) is 9.42. The van der Waals surface area contributed by atoms with Crippen molar-refractivity contribution in [3.63, 3.8) is 0 Å². The van der Waals surface area contributed by atoms with Crippen molar-refractivity contribution in [2.24, 2.45) is 5.73 Å². The van der Waals surface area contributed by atoms with Crippen molar-refractivity contribution >= 4 is 11.7 Å². The van der Waals surface area contributed by atoms with Crippen LogP contribution in [0.25, 0.3) is 0 Å². The lowest BCUT2D eigenvalue weighted by atomic mass is 10.1. The van der Waals surface area contributed by atoms with Gasteiger partial charge in [0.25, 0.3) is 0 Å². The molecular formula is C12H18N4. The highest BCUT2D eigenvalue weighted by Gasteiger charge is 2.09. The van der Waals surface area contributed by atoms with E-state index in [1.54, 1.807) is 0 Å². The summed E-state index contributed by atoms with van der Waals surface area (Å²) >= 11 is 0. The monoisotopic (exact) mass is 218 g/mol. The number of nitrogens with two attached hydrogens (primary N) is 1. The highest BCUT2D eigenvalue weighted by Crippen LogP contribution is 2.20. The second kappa shape index (κ2) is 4.96. The number of aromatic nitrogens is 1. The number of hydrogen-bond donors (Lipinski definition) is 3. The summed E-state index contributed by atoms with van der Waals surface area (Å²) in [7, 11) is 0. The summed E-state index contributed by atoms with van der Waals surface area (Å²) in [6, 6.07) is 4.25. The molecule has 1 aromatic heterocycles. The summed E-state index contributed by atoms with van der Waals surface area (Å²) < 4.78 is 0. The molecule has 2 rings (SSSR count). The fraction of sp³-hybridized carbons (Fsp3) is 0.500. The molecule has 0 unspecified atom stereocenters. The Kier molecular flexibility index (Phi) is 3.39. The summed E-state index contributed by atoms with van der Waals surface area (Å²) in [6.45, 7) is 1.02. The minimum Gasteiger partial charge on any atom is -0.388 e. The molecule has 0 fully saturated rings. The van der Waals surface area contributed by atoms with Gasteiger partial charge in [-0.15, -0.1) is 0 Å². The van der Waals surface area contributed by atoms with E-state index in [2.05, 4.69) is 22.4 Å². The van der Waals surface area contributed by atoms with Gasteiger partial charge in [0.05, 0.1) is 5.84 Å². The van der Waals surface area contributed by atoms with E-state index >= 15 is 0 Å². The molecule has 2 heterocycles. The van der Waals surface area contributed by atoms with E-state index in [-0.39, 0.29) is 5.84 Å². The minimum absolute atomic E-state index is 0.260. The van der Waals surface area contributed by atoms with Crippen LogP contribution in [0.3, 0.4) is 0 Å². The van der Waals surface area contributed by atoms with Gasteiger partial charge in [0, 0.05) is 18.7 Å². The van der Waals surface area contributed by atoms with Crippen molar-refractivity contribution in [2.75, 3.05) is 11.9 Å². The maximum absolute atomic E-state index is 7.16. The normalized spacial score (nSPS) is 14.0. The molecule has 0 saturated carbocycles. The number of nitrogens with zero attached hydrogens (tertiary/aromatic N) is 1. The van der Waals surface area contributed by atoms with Gasteiger partial charge in [-0.05, 0) is 37.3 Å². The predicted molar refractivity (Wildman–Crippen MR) is 65.9 cm³/mol. The highest BCUT2D eigenvalue weighted by atomic mass is 15.0. The molecule has 0 atom stereocenters. The van der Waals surface area contributed by atoms with Crippen LogP contribution in [0.15, 0.2) is 12.1 Å². The smallest absolute Gasteiger partial charge is 0.129 e. The number of nitrogens with one attached hydrogen (secondary N) is 2. The van der Waals surface area contributed by atoms with E-state index in [1.807, 2.05) is 0 Å². The van der Waals surface area contributed by atoms with Crippen LogP contribution in [0.4, 0.5) is 5.82 Å². The molecule has 1 aliphatic rings. The Morgan fingerprint density at radius 3 is 3.19 bits per heavy atom. The lowest BCUT2D eigenvalue weighted by molar-refractivity contribution is 0.792. The lowest BCUT2D eigenvalue weighted by Crippen LogP contribution is -2.14. The van der Waals surface area contributed by atoms with Gasteiger partial charge in [0.15, 0.2) is 0 Å². The summed E-state index contributed by atoms with van der Waals surface area (Å²) in [6.07, 6.45) is 4.78. The van der Waals surface area contributed by atoms with Crippen LogP contribution in [-0.4, -0.2) is 17.4 Å². The quantitative estimate of drug-likeness (QED) is 0.532. The second-order valence-electron chi connectivity index (χ2n) is 4.22. The van der Waals surface area contributed by atoms with E-state index in [4.69, 9.17) is 11.1 Å². The Labute approximate surface area is 95.8 Å². The molecule has 0 bridgehead atoms. The Bertz CT molecular complexity index is 387. The molecule has 1 aromatic rings. The minimum atomic E-state index is 0.260. The average molecular weight is 218 g/mol. The molecule has 0 spiro atoms. The maximum atomic E-state index is 7.16. The number of rotatable bonds is 4. The number of anilines is 1. The van der Waals surface area contributed by atoms with Gasteiger partial charge in [-0.3, -0.25) is 5.41 Å². The van der Waals surface area contributed by atoms with Crippen LogP contribution in [0.1, 0.15) is 30.5 Å². The fourth-order valence-corrected chi connectivity index (χ4v) is 1.97. The Balaban J connectivity index is 1.97. The fourth-order valence-electron chi connectivity index (χ4n) is 1.97. The van der Waals surface area contributed by atoms with Crippen molar-refractivity contribution < 1.29 is 0 Å². The SMILES string of the molecule is N=C(N)CCCc1ccc2c(n1)NCCC2. The van der Waals surface area contributed by atoms with Gasteiger partial charge >= 0.3 is 0 Å². The Morgan fingerprint density at radius 2 is 2.38 bits per heavy atom. The van der Waals surface area contributed by atoms with E-state index in [0.29, 0.717) is 6.42 Å². The first-order valence-electron chi connectivity index (χ1n) is 5.81. The van der Waals surface area contributed by atoms with Crippen molar-refractivity contribution in [1.82, 2.24) is 4.98 Å². The number of pyridine rings is 1. The molecule has 0 radical (unpaired) electrons. The molecule has 4 N–H and O–H groups in total. The van der Waals surface area contributed by atoms with Crippen molar-refractivity contribution in [3.05, 3.63) is 23.4 Å². The van der Waals surface area contributed by atoms with Crippen LogP contribution in [0.2, 0.25) is 0 Å². The lowest BCUT2D eigenvalue weighted by Gasteiger charge is -2.17. The second-order valence-corrected chi connectivity index (χ2v) is 4.22. The van der Waals surface area contributed by atoms with Crippen LogP contribution in [-0.2, 0) is 12.8 Å². The molecule has 0 saturated heterocycles. The van der Waals surface area contributed by atoms with Crippen LogP contribution < -0.4 is 11.1 Å². The number of aryl methyl sites for hydroxylation is 2. The predicted octanol–water partition coefficient (Wildman–Crippen LogP) is 1.70. The standard InChI is InChI=1S/C12H18N4/c13-11(14)5-1-4-10-7-6-9-3-2-8-15-12(9)16-10/h6-7H,1-5,8H2,(H3,13,14)(H,15,16). The molecule has 86 valence electrons. The first-order chi connectivity index (χ1) is 7.75. The van der Waals surface area contributed by atoms with Crippen molar-refractivity contribution in [3.8, 4) is 0 Å². The summed E-state index contributed by atoms with van der Waals surface area (Å²) in [4.78, 5) is 4.59. The molecule has 16 heavy (non-hydrogen) atoms. The maximum Gasteiger partial charge on any atom is 0.129 e.